The molecule has 0 radical (unpaired) electrons. The molecule has 0 aliphatic heterocycles. The third kappa shape index (κ3) is 4.06. The number of halogens is 3. The van der Waals surface area contributed by atoms with Gasteiger partial charge in [-0.1, -0.05) is 13.8 Å². The van der Waals surface area contributed by atoms with E-state index in [-0.39, 0.29) is 40.7 Å². The molecule has 2 rings (SSSR count). The Bertz CT molecular complexity index is 789. The summed E-state index contributed by atoms with van der Waals surface area (Å²) < 4.78 is 48.1. The second-order valence-corrected chi connectivity index (χ2v) is 7.15. The summed E-state index contributed by atoms with van der Waals surface area (Å²) in [5.41, 5.74) is 0.666. The number of phenolic OH excluding ortho intramolecular Hbond substituents is 1. The Labute approximate surface area is 151 Å². The molecule has 6 heteroatoms. The normalized spacial score (nSPS) is 12.5. The molecule has 0 aromatic heterocycles. The fraction of sp³-hybridized carbons (Fsp3) is 0.368. The van der Waals surface area contributed by atoms with Crippen LogP contribution in [0.4, 0.5) is 13.2 Å². The zero-order valence-electron chi connectivity index (χ0n) is 14.5. The van der Waals surface area contributed by atoms with Crippen molar-refractivity contribution in [2.24, 2.45) is 0 Å². The molecule has 0 bridgehead atoms. The number of thiol groups is 1. The highest BCUT2D eigenvalue weighted by atomic mass is 32.1. The molecule has 136 valence electrons. The number of phenols is 1. The highest BCUT2D eigenvalue weighted by Crippen LogP contribution is 2.35. The second kappa shape index (κ2) is 7.60. The summed E-state index contributed by atoms with van der Waals surface area (Å²) in [6.07, 6.45) is 0. The molecule has 0 saturated carbocycles. The lowest BCUT2D eigenvalue weighted by Crippen LogP contribution is -2.07. The summed E-state index contributed by atoms with van der Waals surface area (Å²) in [7, 11) is 0. The van der Waals surface area contributed by atoms with Gasteiger partial charge in [0.2, 0.25) is 0 Å². The van der Waals surface area contributed by atoms with E-state index in [1.54, 1.807) is 33.8 Å². The number of hydrogen-bond acceptors (Lipinski definition) is 3. The smallest absolute Gasteiger partial charge is 0.166 e. The van der Waals surface area contributed by atoms with E-state index in [0.29, 0.717) is 5.56 Å². The lowest BCUT2D eigenvalue weighted by Gasteiger charge is -2.17. The maximum absolute atomic E-state index is 14.3. The van der Waals surface area contributed by atoms with E-state index >= 15 is 0 Å². The Morgan fingerprint density at radius 3 is 2.24 bits per heavy atom. The van der Waals surface area contributed by atoms with Crippen LogP contribution in [0.15, 0.2) is 18.2 Å². The first-order valence-electron chi connectivity index (χ1n) is 7.94. The molecule has 0 spiro atoms. The third-order valence-corrected chi connectivity index (χ3v) is 4.17. The highest BCUT2D eigenvalue weighted by molar-refractivity contribution is 7.80. The first kappa shape index (κ1) is 19.5. The maximum atomic E-state index is 14.3. The van der Waals surface area contributed by atoms with Crippen molar-refractivity contribution >= 4 is 12.6 Å². The Hall–Kier alpha value is -1.82. The van der Waals surface area contributed by atoms with Gasteiger partial charge in [-0.15, -0.1) is 0 Å². The number of aryl methyl sites for hydroxylation is 1. The van der Waals surface area contributed by atoms with E-state index in [4.69, 9.17) is 4.74 Å². The van der Waals surface area contributed by atoms with Crippen molar-refractivity contribution in [3.8, 4) is 11.5 Å². The van der Waals surface area contributed by atoms with Gasteiger partial charge >= 0.3 is 0 Å². The first-order valence-corrected chi connectivity index (χ1v) is 8.45. The second-order valence-electron chi connectivity index (χ2n) is 6.37. The molecule has 25 heavy (non-hydrogen) atoms. The van der Waals surface area contributed by atoms with Crippen LogP contribution in [0.1, 0.15) is 54.2 Å². The molecular weight excluding hydrogens is 349 g/mol. The molecule has 1 atom stereocenters. The van der Waals surface area contributed by atoms with Crippen LogP contribution in [-0.2, 0) is 6.61 Å². The van der Waals surface area contributed by atoms with Crippen LogP contribution >= 0.6 is 12.6 Å². The van der Waals surface area contributed by atoms with Crippen LogP contribution in [0, 0.1) is 24.4 Å². The maximum Gasteiger partial charge on any atom is 0.166 e. The molecule has 0 fully saturated rings. The van der Waals surface area contributed by atoms with Gasteiger partial charge in [-0.2, -0.15) is 12.6 Å². The minimum Gasteiger partial charge on any atom is -0.508 e. The SMILES string of the molecule is Cc1cc(F)c(C(C)S)c(OCc2cc(O)c(C(C)C)c(F)c2F)c1. The Morgan fingerprint density at radius 1 is 1.04 bits per heavy atom. The molecule has 0 aliphatic rings. The van der Waals surface area contributed by atoms with Gasteiger partial charge in [0.15, 0.2) is 11.6 Å². The zero-order chi connectivity index (χ0) is 18.9. The van der Waals surface area contributed by atoms with Crippen molar-refractivity contribution in [1.29, 1.82) is 0 Å². The number of ether oxygens (including phenoxy) is 1. The Balaban J connectivity index is 2.37. The van der Waals surface area contributed by atoms with Crippen LogP contribution in [0.5, 0.6) is 11.5 Å². The Morgan fingerprint density at radius 2 is 1.68 bits per heavy atom. The molecule has 2 nitrogen and oxygen atoms in total. The topological polar surface area (TPSA) is 29.5 Å². The van der Waals surface area contributed by atoms with Crippen LogP contribution < -0.4 is 4.74 Å². The molecule has 0 aliphatic carbocycles. The van der Waals surface area contributed by atoms with E-state index in [1.165, 1.54) is 6.07 Å². The molecule has 2 aromatic carbocycles. The van der Waals surface area contributed by atoms with E-state index in [0.717, 1.165) is 6.07 Å². The summed E-state index contributed by atoms with van der Waals surface area (Å²) in [6, 6.07) is 4.11. The number of benzene rings is 2. The van der Waals surface area contributed by atoms with Crippen LogP contribution in [0.25, 0.3) is 0 Å². The molecule has 0 amide bonds. The van der Waals surface area contributed by atoms with Gasteiger partial charge in [-0.25, -0.2) is 13.2 Å². The summed E-state index contributed by atoms with van der Waals surface area (Å²) >= 11 is 4.24. The minimum absolute atomic E-state index is 0.0764. The van der Waals surface area contributed by atoms with Crippen molar-refractivity contribution in [3.63, 3.8) is 0 Å². The van der Waals surface area contributed by atoms with Gasteiger partial charge in [-0.3, -0.25) is 0 Å². The predicted molar refractivity (Wildman–Crippen MR) is 95.0 cm³/mol. The fourth-order valence-corrected chi connectivity index (χ4v) is 2.98. The molecule has 0 heterocycles. The van der Waals surface area contributed by atoms with Gasteiger partial charge in [0.25, 0.3) is 0 Å². The number of rotatable bonds is 5. The van der Waals surface area contributed by atoms with Crippen molar-refractivity contribution in [2.75, 3.05) is 0 Å². The van der Waals surface area contributed by atoms with Gasteiger partial charge in [0.1, 0.15) is 23.9 Å². The minimum atomic E-state index is -1.09. The molecule has 1 N–H and O–H groups in total. The summed E-state index contributed by atoms with van der Waals surface area (Å²) in [5, 5.41) is 9.52. The van der Waals surface area contributed by atoms with E-state index in [2.05, 4.69) is 12.6 Å². The van der Waals surface area contributed by atoms with Gasteiger partial charge < -0.3 is 9.84 Å². The van der Waals surface area contributed by atoms with Crippen molar-refractivity contribution < 1.29 is 23.0 Å². The van der Waals surface area contributed by atoms with Gasteiger partial charge in [0.05, 0.1) is 0 Å². The lowest BCUT2D eigenvalue weighted by molar-refractivity contribution is 0.290. The summed E-state index contributed by atoms with van der Waals surface area (Å²) in [5.74, 6) is -3.12. The van der Waals surface area contributed by atoms with Crippen LogP contribution in [0.3, 0.4) is 0 Å². The van der Waals surface area contributed by atoms with Crippen molar-refractivity contribution in [2.45, 2.75) is 45.5 Å². The molecule has 0 saturated heterocycles. The largest absolute Gasteiger partial charge is 0.508 e. The monoisotopic (exact) mass is 370 g/mol. The number of aromatic hydroxyl groups is 1. The van der Waals surface area contributed by atoms with Crippen molar-refractivity contribution in [1.82, 2.24) is 0 Å². The highest BCUT2D eigenvalue weighted by Gasteiger charge is 2.22. The van der Waals surface area contributed by atoms with Crippen molar-refractivity contribution in [3.05, 3.63) is 57.9 Å². The third-order valence-electron chi connectivity index (χ3n) is 3.91. The number of hydrogen-bond donors (Lipinski definition) is 2. The average molecular weight is 370 g/mol. The van der Waals surface area contributed by atoms with E-state index < -0.39 is 22.7 Å². The van der Waals surface area contributed by atoms with Gasteiger partial charge in [0, 0.05) is 21.9 Å². The molecule has 2 aromatic rings. The van der Waals surface area contributed by atoms with E-state index in [1.807, 2.05) is 0 Å². The standard InChI is InChI=1S/C19H21F3O2S/c1-9(2)16-14(23)7-12(18(21)19(16)22)8-24-15-6-10(3)5-13(20)17(15)11(4)25/h5-7,9,11,23,25H,8H2,1-4H3. The van der Waals surface area contributed by atoms with Gasteiger partial charge in [-0.05, 0) is 43.5 Å². The van der Waals surface area contributed by atoms with Crippen LogP contribution in [0.2, 0.25) is 0 Å². The predicted octanol–water partition coefficient (Wildman–Crippen LogP) is 5.81. The zero-order valence-corrected chi connectivity index (χ0v) is 15.4. The summed E-state index contributed by atoms with van der Waals surface area (Å²) in [6.45, 7) is 6.36. The quantitative estimate of drug-likeness (QED) is 0.650. The average Bonchev–Trinajstić information content (AvgIpc) is 2.48. The van der Waals surface area contributed by atoms with E-state index in [9.17, 15) is 18.3 Å². The fourth-order valence-electron chi connectivity index (χ4n) is 2.73. The lowest BCUT2D eigenvalue weighted by atomic mass is 9.99. The Kier molecular flexibility index (Phi) is 5.93. The summed E-state index contributed by atoms with van der Waals surface area (Å²) in [4.78, 5) is 0. The van der Waals surface area contributed by atoms with Crippen LogP contribution in [-0.4, -0.2) is 5.11 Å². The first-order chi connectivity index (χ1) is 11.6. The molecular formula is C19H21F3O2S. The molecule has 1 unspecified atom stereocenters.